The molecule has 0 amide bonds. The van der Waals surface area contributed by atoms with Crippen LogP contribution in [0.5, 0.6) is 11.5 Å². The second kappa shape index (κ2) is 14.2. The molecule has 2 heteroatoms. The van der Waals surface area contributed by atoms with E-state index in [1.807, 2.05) is 0 Å². The number of nitrogens with zero attached hydrogens (tertiary/aromatic N) is 1. The molecule has 0 atom stereocenters. The highest BCUT2D eigenvalue weighted by Crippen LogP contribution is 2.63. The van der Waals surface area contributed by atoms with Gasteiger partial charge in [-0.25, -0.2) is 4.98 Å². The van der Waals surface area contributed by atoms with Crippen molar-refractivity contribution in [2.45, 2.75) is 5.41 Å². The SMILES string of the molecule is c1ccc(-c2ccc(-c3c4ccccc4c(-c4cccc(-c5nc6ccccc6c6c7c(ccc56)C5(c6ccccc6O7)c6ccccc6-c6ccccc65)c4)c4ccccc34)cc2)cc1. The number of hydrogen-bond acceptors (Lipinski definition) is 2. The molecule has 0 unspecified atom stereocenters. The van der Waals surface area contributed by atoms with Gasteiger partial charge in [0, 0.05) is 32.8 Å². The standard InChI is InChI=1S/C64H39NO/c1-2-17-40(18-3-1)41-33-35-42(36-34-41)59-47-23-4-6-25-49(47)60(50-26-7-5-24-48(50)59)43-19-16-20-44(39-43)62-52-37-38-56-63(61(52)51-27-10-14-31-57(51)65-62)66-58-32-15-13-30-55(58)64(56)53-28-11-8-21-45(53)46-22-9-12-29-54(46)64/h1-39H. The van der Waals surface area contributed by atoms with Crippen LogP contribution in [0.4, 0.5) is 0 Å². The van der Waals surface area contributed by atoms with Crippen molar-refractivity contribution in [2.75, 3.05) is 0 Å². The molecule has 0 saturated heterocycles. The van der Waals surface area contributed by atoms with Crippen LogP contribution in [0.15, 0.2) is 237 Å². The quantitative estimate of drug-likeness (QED) is 0.130. The Labute approximate surface area is 382 Å². The summed E-state index contributed by atoms with van der Waals surface area (Å²) in [6.07, 6.45) is 0. The van der Waals surface area contributed by atoms with Gasteiger partial charge in [0.2, 0.25) is 0 Å². The minimum Gasteiger partial charge on any atom is -0.456 e. The molecule has 306 valence electrons. The number of aromatic nitrogens is 1. The summed E-state index contributed by atoms with van der Waals surface area (Å²) in [5.41, 5.74) is 17.0. The highest BCUT2D eigenvalue weighted by Gasteiger charge is 2.51. The maximum absolute atomic E-state index is 7.24. The molecule has 1 aliphatic carbocycles. The average molecular weight is 838 g/mol. The van der Waals surface area contributed by atoms with Crippen LogP contribution in [0.3, 0.4) is 0 Å². The lowest BCUT2D eigenvalue weighted by atomic mass is 9.65. The number of hydrogen-bond donors (Lipinski definition) is 0. The lowest BCUT2D eigenvalue weighted by Crippen LogP contribution is -2.32. The molecule has 1 aliphatic heterocycles. The molecule has 2 aliphatic rings. The summed E-state index contributed by atoms with van der Waals surface area (Å²) in [6.45, 7) is 0. The Morgan fingerprint density at radius 3 is 1.50 bits per heavy atom. The van der Waals surface area contributed by atoms with Crippen molar-refractivity contribution >= 4 is 43.2 Å². The third-order valence-electron chi connectivity index (χ3n) is 14.3. The summed E-state index contributed by atoms with van der Waals surface area (Å²) >= 11 is 0. The van der Waals surface area contributed by atoms with E-state index in [0.717, 1.165) is 61.1 Å². The van der Waals surface area contributed by atoms with Crippen LogP contribution in [0.1, 0.15) is 22.3 Å². The van der Waals surface area contributed by atoms with Crippen molar-refractivity contribution in [3.63, 3.8) is 0 Å². The third-order valence-corrected chi connectivity index (χ3v) is 14.3. The van der Waals surface area contributed by atoms with E-state index in [1.54, 1.807) is 0 Å². The summed E-state index contributed by atoms with van der Waals surface area (Å²) < 4.78 is 7.24. The maximum atomic E-state index is 7.24. The van der Waals surface area contributed by atoms with Crippen LogP contribution in [-0.4, -0.2) is 4.98 Å². The van der Waals surface area contributed by atoms with Crippen molar-refractivity contribution in [2.24, 2.45) is 0 Å². The van der Waals surface area contributed by atoms with Gasteiger partial charge in [-0.2, -0.15) is 0 Å². The Hall–Kier alpha value is -8.59. The summed E-state index contributed by atoms with van der Waals surface area (Å²) in [7, 11) is 0. The first-order valence-corrected chi connectivity index (χ1v) is 22.8. The Balaban J connectivity index is 0.995. The normalized spacial score (nSPS) is 13.1. The number of para-hydroxylation sites is 2. The van der Waals surface area contributed by atoms with Crippen molar-refractivity contribution in [3.8, 4) is 67.3 Å². The zero-order valence-electron chi connectivity index (χ0n) is 35.9. The van der Waals surface area contributed by atoms with Crippen molar-refractivity contribution in [3.05, 3.63) is 259 Å². The molecular formula is C64H39NO. The molecule has 12 aromatic rings. The average Bonchev–Trinajstić information content (AvgIpc) is 3.68. The molecule has 0 fully saturated rings. The fourth-order valence-electron chi connectivity index (χ4n) is 11.6. The van der Waals surface area contributed by atoms with Gasteiger partial charge in [-0.1, -0.05) is 218 Å². The molecule has 66 heavy (non-hydrogen) atoms. The van der Waals surface area contributed by atoms with Gasteiger partial charge in [0.1, 0.15) is 11.5 Å². The Kier molecular flexibility index (Phi) is 7.93. The monoisotopic (exact) mass is 837 g/mol. The van der Waals surface area contributed by atoms with Gasteiger partial charge < -0.3 is 4.74 Å². The summed E-state index contributed by atoms with van der Waals surface area (Å²) in [5, 5.41) is 8.10. The number of benzene rings is 11. The van der Waals surface area contributed by atoms with Gasteiger partial charge in [-0.15, -0.1) is 0 Å². The predicted octanol–water partition coefficient (Wildman–Crippen LogP) is 16.8. The molecule has 0 saturated carbocycles. The van der Waals surface area contributed by atoms with Crippen molar-refractivity contribution in [1.82, 2.24) is 4.98 Å². The Morgan fingerprint density at radius 1 is 0.318 bits per heavy atom. The van der Waals surface area contributed by atoms with Crippen molar-refractivity contribution in [1.29, 1.82) is 0 Å². The van der Waals surface area contributed by atoms with Gasteiger partial charge in [-0.05, 0) is 95.4 Å². The van der Waals surface area contributed by atoms with E-state index in [1.165, 1.54) is 71.6 Å². The lowest BCUT2D eigenvalue weighted by Gasteiger charge is -2.40. The first kappa shape index (κ1) is 36.8. The second-order valence-corrected chi connectivity index (χ2v) is 17.6. The van der Waals surface area contributed by atoms with E-state index in [4.69, 9.17) is 9.72 Å². The molecule has 14 rings (SSSR count). The highest BCUT2D eigenvalue weighted by atomic mass is 16.5. The third kappa shape index (κ3) is 5.15. The number of ether oxygens (including phenoxy) is 1. The molecule has 1 aromatic heterocycles. The fraction of sp³-hybridized carbons (Fsp3) is 0.0156. The van der Waals surface area contributed by atoms with Crippen LogP contribution in [0.2, 0.25) is 0 Å². The number of pyridine rings is 1. The van der Waals surface area contributed by atoms with Gasteiger partial charge >= 0.3 is 0 Å². The number of fused-ring (bicyclic) bond motifs is 15. The molecule has 11 aromatic carbocycles. The first-order chi connectivity index (χ1) is 32.8. The zero-order valence-corrected chi connectivity index (χ0v) is 35.9. The Bertz CT molecular complexity index is 3860. The smallest absolute Gasteiger partial charge is 0.140 e. The highest BCUT2D eigenvalue weighted by molar-refractivity contribution is 6.22. The van der Waals surface area contributed by atoms with Gasteiger partial charge in [0.25, 0.3) is 0 Å². The van der Waals surface area contributed by atoms with E-state index in [9.17, 15) is 0 Å². The largest absolute Gasteiger partial charge is 0.456 e. The van der Waals surface area contributed by atoms with Crippen LogP contribution in [-0.2, 0) is 5.41 Å². The predicted molar refractivity (Wildman–Crippen MR) is 273 cm³/mol. The van der Waals surface area contributed by atoms with E-state index < -0.39 is 5.41 Å². The zero-order chi connectivity index (χ0) is 43.3. The van der Waals surface area contributed by atoms with Crippen LogP contribution in [0.25, 0.3) is 99.0 Å². The molecule has 0 N–H and O–H groups in total. The molecule has 2 heterocycles. The lowest BCUT2D eigenvalue weighted by molar-refractivity contribution is 0.442. The molecule has 2 nitrogen and oxygen atoms in total. The number of rotatable bonds is 4. The van der Waals surface area contributed by atoms with E-state index in [2.05, 4.69) is 237 Å². The Morgan fingerprint density at radius 2 is 0.818 bits per heavy atom. The van der Waals surface area contributed by atoms with Crippen LogP contribution < -0.4 is 4.74 Å². The van der Waals surface area contributed by atoms with Crippen LogP contribution >= 0.6 is 0 Å². The summed E-state index contributed by atoms with van der Waals surface area (Å²) in [6, 6.07) is 86.1. The molecule has 1 spiro atoms. The first-order valence-electron chi connectivity index (χ1n) is 22.8. The minimum absolute atomic E-state index is 0.561. The summed E-state index contributed by atoms with van der Waals surface area (Å²) in [5.74, 6) is 1.76. The van der Waals surface area contributed by atoms with Gasteiger partial charge in [0.05, 0.1) is 16.6 Å². The maximum Gasteiger partial charge on any atom is 0.140 e. The fourth-order valence-corrected chi connectivity index (χ4v) is 11.6. The summed E-state index contributed by atoms with van der Waals surface area (Å²) in [4.78, 5) is 5.51. The second-order valence-electron chi connectivity index (χ2n) is 17.6. The van der Waals surface area contributed by atoms with E-state index in [0.29, 0.717) is 0 Å². The van der Waals surface area contributed by atoms with Crippen LogP contribution in [0, 0.1) is 0 Å². The van der Waals surface area contributed by atoms with E-state index >= 15 is 0 Å². The van der Waals surface area contributed by atoms with Gasteiger partial charge in [-0.3, -0.25) is 0 Å². The van der Waals surface area contributed by atoms with Gasteiger partial charge in [0.15, 0.2) is 0 Å². The van der Waals surface area contributed by atoms with Crippen molar-refractivity contribution < 1.29 is 4.74 Å². The topological polar surface area (TPSA) is 22.1 Å². The molecular weight excluding hydrogens is 799 g/mol. The van der Waals surface area contributed by atoms with E-state index in [-0.39, 0.29) is 0 Å². The molecule has 0 radical (unpaired) electrons. The minimum atomic E-state index is -0.561. The molecule has 0 bridgehead atoms.